The molecule has 30 heavy (non-hydrogen) atoms. The van der Waals surface area contributed by atoms with Gasteiger partial charge >= 0.3 is 11.9 Å². The van der Waals surface area contributed by atoms with Crippen molar-refractivity contribution < 1.29 is 28.5 Å². The molecule has 0 spiro atoms. The van der Waals surface area contributed by atoms with E-state index >= 15 is 0 Å². The fourth-order valence-corrected chi connectivity index (χ4v) is 2.51. The van der Waals surface area contributed by atoms with Crippen LogP contribution in [0.5, 0.6) is 11.5 Å². The first-order chi connectivity index (χ1) is 14.6. The van der Waals surface area contributed by atoms with Crippen molar-refractivity contribution in [2.45, 2.75) is 12.8 Å². The maximum absolute atomic E-state index is 10.9. The molecule has 0 fully saturated rings. The van der Waals surface area contributed by atoms with Crippen LogP contribution in [0.25, 0.3) is 0 Å². The van der Waals surface area contributed by atoms with Crippen LogP contribution in [0.2, 0.25) is 0 Å². The number of carbonyl (C=O) groups is 2. The first kappa shape index (κ1) is 22.7. The number of esters is 2. The zero-order valence-electron chi connectivity index (χ0n) is 16.9. The third-order valence-corrected chi connectivity index (χ3v) is 4.08. The van der Waals surface area contributed by atoms with Crippen LogP contribution in [-0.4, -0.2) is 38.4 Å². The summed E-state index contributed by atoms with van der Waals surface area (Å²) in [5.74, 6) is 0.549. The van der Waals surface area contributed by atoms with Gasteiger partial charge in [-0.25, -0.2) is 9.59 Å². The molecule has 0 atom stereocenters. The Morgan fingerprint density at radius 3 is 1.33 bits per heavy atom. The van der Waals surface area contributed by atoms with E-state index < -0.39 is 11.9 Å². The van der Waals surface area contributed by atoms with Gasteiger partial charge in [0.05, 0.1) is 0 Å². The topological polar surface area (TPSA) is 71.1 Å². The summed E-state index contributed by atoms with van der Waals surface area (Å²) in [6.45, 7) is 7.63. The molecular formula is C24H26O6. The molecule has 0 aliphatic carbocycles. The second-order valence-electron chi connectivity index (χ2n) is 6.23. The van der Waals surface area contributed by atoms with Gasteiger partial charge in [0, 0.05) is 12.2 Å². The summed E-state index contributed by atoms with van der Waals surface area (Å²) >= 11 is 0. The average molecular weight is 410 g/mol. The molecule has 2 rings (SSSR count). The quantitative estimate of drug-likeness (QED) is 0.285. The molecule has 158 valence electrons. The normalized spacial score (nSPS) is 10.0. The SMILES string of the molecule is C=CC(=O)OCCOc1ccc(CCc2ccc(OCCOC(=O)C=C)cc2)cc1. The lowest BCUT2D eigenvalue weighted by Gasteiger charge is -2.09. The molecule has 0 heterocycles. The van der Waals surface area contributed by atoms with E-state index in [0.29, 0.717) is 13.2 Å². The fraction of sp³-hybridized carbons (Fsp3) is 0.250. The van der Waals surface area contributed by atoms with E-state index in [4.69, 9.17) is 18.9 Å². The van der Waals surface area contributed by atoms with Crippen molar-refractivity contribution in [1.82, 2.24) is 0 Å². The van der Waals surface area contributed by atoms with Gasteiger partial charge in [0.25, 0.3) is 0 Å². The number of rotatable bonds is 13. The predicted molar refractivity (Wildman–Crippen MR) is 114 cm³/mol. The number of ether oxygens (including phenoxy) is 4. The summed E-state index contributed by atoms with van der Waals surface area (Å²) in [5.41, 5.74) is 2.40. The second-order valence-corrected chi connectivity index (χ2v) is 6.23. The van der Waals surface area contributed by atoms with Crippen LogP contribution in [0, 0.1) is 0 Å². The highest BCUT2D eigenvalue weighted by Gasteiger charge is 2.01. The lowest BCUT2D eigenvalue weighted by Crippen LogP contribution is -2.10. The van der Waals surface area contributed by atoms with E-state index in [1.807, 2.05) is 48.5 Å². The van der Waals surface area contributed by atoms with Crippen molar-refractivity contribution in [3.05, 3.63) is 85.0 Å². The van der Waals surface area contributed by atoms with Crippen LogP contribution >= 0.6 is 0 Å². The Kier molecular flexibility index (Phi) is 9.73. The van der Waals surface area contributed by atoms with Crippen molar-refractivity contribution >= 4 is 11.9 Å². The molecule has 0 saturated heterocycles. The largest absolute Gasteiger partial charge is 0.490 e. The van der Waals surface area contributed by atoms with Crippen molar-refractivity contribution in [2.75, 3.05) is 26.4 Å². The number of carbonyl (C=O) groups excluding carboxylic acids is 2. The maximum atomic E-state index is 10.9. The molecule has 6 nitrogen and oxygen atoms in total. The highest BCUT2D eigenvalue weighted by molar-refractivity contribution is 5.81. The summed E-state index contributed by atoms with van der Waals surface area (Å²) < 4.78 is 20.8. The Morgan fingerprint density at radius 2 is 1.00 bits per heavy atom. The number of aryl methyl sites for hydroxylation is 2. The number of hydrogen-bond acceptors (Lipinski definition) is 6. The van der Waals surface area contributed by atoms with Crippen LogP contribution in [0.15, 0.2) is 73.8 Å². The minimum absolute atomic E-state index is 0.187. The highest BCUT2D eigenvalue weighted by Crippen LogP contribution is 2.16. The van der Waals surface area contributed by atoms with Crippen LogP contribution in [0.4, 0.5) is 0 Å². The van der Waals surface area contributed by atoms with Gasteiger partial charge in [-0.3, -0.25) is 0 Å². The molecule has 0 unspecified atom stereocenters. The molecule has 0 bridgehead atoms. The van der Waals surface area contributed by atoms with Gasteiger partial charge in [-0.2, -0.15) is 0 Å². The molecule has 2 aromatic carbocycles. The first-order valence-corrected chi connectivity index (χ1v) is 9.62. The monoisotopic (exact) mass is 410 g/mol. The molecule has 6 heteroatoms. The third-order valence-electron chi connectivity index (χ3n) is 4.08. The van der Waals surface area contributed by atoms with E-state index in [-0.39, 0.29) is 13.2 Å². The van der Waals surface area contributed by atoms with E-state index in [0.717, 1.165) is 36.5 Å². The smallest absolute Gasteiger partial charge is 0.330 e. The van der Waals surface area contributed by atoms with Gasteiger partial charge < -0.3 is 18.9 Å². The number of hydrogen-bond donors (Lipinski definition) is 0. The summed E-state index contributed by atoms with van der Waals surface area (Å²) in [4.78, 5) is 21.9. The second kappa shape index (κ2) is 12.8. The number of benzene rings is 2. The van der Waals surface area contributed by atoms with E-state index in [2.05, 4.69) is 13.2 Å². The van der Waals surface area contributed by atoms with Gasteiger partial charge in [-0.1, -0.05) is 37.4 Å². The van der Waals surface area contributed by atoms with Gasteiger partial charge in [0.15, 0.2) is 0 Å². The molecule has 0 aliphatic rings. The lowest BCUT2D eigenvalue weighted by atomic mass is 10.0. The minimum atomic E-state index is -0.456. The van der Waals surface area contributed by atoms with Gasteiger partial charge in [-0.15, -0.1) is 0 Å². The van der Waals surface area contributed by atoms with Crippen molar-refractivity contribution in [2.24, 2.45) is 0 Å². The van der Waals surface area contributed by atoms with E-state index in [1.54, 1.807) is 0 Å². The van der Waals surface area contributed by atoms with Gasteiger partial charge in [0.1, 0.15) is 37.9 Å². The Hall–Kier alpha value is -3.54. The van der Waals surface area contributed by atoms with Crippen LogP contribution in [0.3, 0.4) is 0 Å². The molecular weight excluding hydrogens is 384 g/mol. The predicted octanol–water partition coefficient (Wildman–Crippen LogP) is 3.69. The summed E-state index contributed by atoms with van der Waals surface area (Å²) in [6, 6.07) is 15.7. The average Bonchev–Trinajstić information content (AvgIpc) is 2.79. The Morgan fingerprint density at radius 1 is 0.633 bits per heavy atom. The van der Waals surface area contributed by atoms with E-state index in [1.165, 1.54) is 11.1 Å². The molecule has 0 N–H and O–H groups in total. The molecule has 0 aromatic heterocycles. The maximum Gasteiger partial charge on any atom is 0.330 e. The van der Waals surface area contributed by atoms with Crippen molar-refractivity contribution in [3.8, 4) is 11.5 Å². The fourth-order valence-electron chi connectivity index (χ4n) is 2.51. The van der Waals surface area contributed by atoms with Crippen LogP contribution in [0.1, 0.15) is 11.1 Å². The van der Waals surface area contributed by atoms with Gasteiger partial charge in [0.2, 0.25) is 0 Å². The van der Waals surface area contributed by atoms with Crippen molar-refractivity contribution in [3.63, 3.8) is 0 Å². The summed E-state index contributed by atoms with van der Waals surface area (Å²) in [6.07, 6.45) is 4.04. The Balaban J connectivity index is 1.68. The van der Waals surface area contributed by atoms with E-state index in [9.17, 15) is 9.59 Å². The Labute approximate surface area is 176 Å². The Bertz CT molecular complexity index is 752. The minimum Gasteiger partial charge on any atom is -0.490 e. The summed E-state index contributed by atoms with van der Waals surface area (Å²) in [5, 5.41) is 0. The molecule has 2 aromatic rings. The zero-order valence-corrected chi connectivity index (χ0v) is 16.9. The molecule has 0 radical (unpaired) electrons. The highest BCUT2D eigenvalue weighted by atomic mass is 16.6. The lowest BCUT2D eigenvalue weighted by molar-refractivity contribution is -0.139. The molecule has 0 aliphatic heterocycles. The third kappa shape index (κ3) is 8.65. The van der Waals surface area contributed by atoms with Gasteiger partial charge in [-0.05, 0) is 48.2 Å². The zero-order chi connectivity index (χ0) is 21.6. The first-order valence-electron chi connectivity index (χ1n) is 9.62. The standard InChI is InChI=1S/C24H26O6/c1-3-23(25)29-17-15-27-21-11-7-19(8-12-21)5-6-20-9-13-22(14-10-20)28-16-18-30-24(26)4-2/h3-4,7-14H,1-2,5-6,15-18H2. The summed E-state index contributed by atoms with van der Waals surface area (Å²) in [7, 11) is 0. The molecule has 0 amide bonds. The molecule has 0 saturated carbocycles. The van der Waals surface area contributed by atoms with Crippen LogP contribution < -0.4 is 9.47 Å². The van der Waals surface area contributed by atoms with Crippen LogP contribution in [-0.2, 0) is 31.9 Å². The van der Waals surface area contributed by atoms with Crippen molar-refractivity contribution in [1.29, 1.82) is 0 Å².